The van der Waals surface area contributed by atoms with Crippen LogP contribution in [0, 0.1) is 0 Å². The summed E-state index contributed by atoms with van der Waals surface area (Å²) in [7, 11) is -0.841. The van der Waals surface area contributed by atoms with Crippen molar-refractivity contribution < 1.29 is 4.21 Å². The molecule has 2 heterocycles. The first-order valence-electron chi connectivity index (χ1n) is 4.91. The van der Waals surface area contributed by atoms with Gasteiger partial charge in [-0.1, -0.05) is 18.2 Å². The van der Waals surface area contributed by atoms with Crippen molar-refractivity contribution in [2.75, 3.05) is 5.75 Å². The van der Waals surface area contributed by atoms with Gasteiger partial charge in [0.15, 0.2) is 0 Å². The molecule has 0 saturated heterocycles. The quantitative estimate of drug-likeness (QED) is 0.682. The molecular formula is C12H10OS2. The van der Waals surface area contributed by atoms with Crippen molar-refractivity contribution >= 4 is 38.3 Å². The molecule has 0 spiro atoms. The molecule has 76 valence electrons. The Morgan fingerprint density at radius 3 is 3.13 bits per heavy atom. The van der Waals surface area contributed by atoms with Crippen LogP contribution in [0.3, 0.4) is 0 Å². The number of thiophene rings is 1. The third-order valence-corrected chi connectivity index (χ3v) is 5.01. The van der Waals surface area contributed by atoms with E-state index in [2.05, 4.69) is 35.7 Å². The normalized spacial score (nSPS) is 20.1. The van der Waals surface area contributed by atoms with Gasteiger partial charge in [-0.3, -0.25) is 4.21 Å². The van der Waals surface area contributed by atoms with Gasteiger partial charge in [0.1, 0.15) is 0 Å². The fraction of sp³-hybridized carbons (Fsp3) is 0.167. The Morgan fingerprint density at radius 1 is 1.27 bits per heavy atom. The Balaban J connectivity index is 2.40. The zero-order valence-corrected chi connectivity index (χ0v) is 9.74. The Morgan fingerprint density at radius 2 is 2.20 bits per heavy atom. The summed E-state index contributed by atoms with van der Waals surface area (Å²) >= 11 is 1.71. The standard InChI is InChI=1S/C12H10OS2/c13-15-8-2-1-3-9-4-5-11-10(12(9)15)6-7-14-11/h1,3-7H,2,8H2. The summed E-state index contributed by atoms with van der Waals surface area (Å²) < 4.78 is 13.3. The molecule has 1 aliphatic heterocycles. The lowest BCUT2D eigenvalue weighted by Gasteiger charge is -2.04. The van der Waals surface area contributed by atoms with Crippen molar-refractivity contribution in [2.24, 2.45) is 0 Å². The summed E-state index contributed by atoms with van der Waals surface area (Å²) in [6, 6.07) is 6.27. The van der Waals surface area contributed by atoms with Crippen LogP contribution < -0.4 is 0 Å². The molecule has 3 heteroatoms. The molecule has 0 fully saturated rings. The van der Waals surface area contributed by atoms with Gasteiger partial charge in [0, 0.05) is 15.8 Å². The van der Waals surface area contributed by atoms with Crippen LogP contribution in [0.4, 0.5) is 0 Å². The first-order chi connectivity index (χ1) is 7.36. The second-order valence-electron chi connectivity index (χ2n) is 3.56. The van der Waals surface area contributed by atoms with Gasteiger partial charge < -0.3 is 0 Å². The molecule has 1 aliphatic rings. The van der Waals surface area contributed by atoms with Crippen molar-refractivity contribution in [1.29, 1.82) is 0 Å². The molecule has 0 radical (unpaired) electrons. The van der Waals surface area contributed by atoms with Crippen molar-refractivity contribution in [1.82, 2.24) is 0 Å². The number of hydrogen-bond acceptors (Lipinski definition) is 2. The van der Waals surface area contributed by atoms with Crippen molar-refractivity contribution in [2.45, 2.75) is 11.3 Å². The lowest BCUT2D eigenvalue weighted by Crippen LogP contribution is -1.97. The summed E-state index contributed by atoms with van der Waals surface area (Å²) in [5.74, 6) is 0.748. The van der Waals surface area contributed by atoms with Crippen molar-refractivity contribution in [3.05, 3.63) is 35.2 Å². The molecule has 1 unspecified atom stereocenters. The average Bonchev–Trinajstić information content (AvgIpc) is 2.63. The highest BCUT2D eigenvalue weighted by atomic mass is 32.2. The van der Waals surface area contributed by atoms with E-state index >= 15 is 0 Å². The third-order valence-electron chi connectivity index (χ3n) is 2.61. The van der Waals surface area contributed by atoms with E-state index in [1.165, 1.54) is 10.1 Å². The molecule has 1 nitrogen and oxygen atoms in total. The molecule has 1 aromatic carbocycles. The van der Waals surface area contributed by atoms with E-state index in [1.54, 1.807) is 11.3 Å². The first-order valence-corrected chi connectivity index (χ1v) is 7.11. The highest BCUT2D eigenvalue weighted by molar-refractivity contribution is 7.85. The molecule has 0 saturated carbocycles. The van der Waals surface area contributed by atoms with Crippen LogP contribution in [-0.2, 0) is 10.8 Å². The predicted molar refractivity (Wildman–Crippen MR) is 66.8 cm³/mol. The van der Waals surface area contributed by atoms with Gasteiger partial charge in [-0.25, -0.2) is 0 Å². The van der Waals surface area contributed by atoms with E-state index in [-0.39, 0.29) is 0 Å². The monoisotopic (exact) mass is 234 g/mol. The fourth-order valence-corrected chi connectivity index (χ4v) is 4.14. The summed E-state index contributed by atoms with van der Waals surface area (Å²) in [6.07, 6.45) is 5.12. The minimum atomic E-state index is -0.841. The molecule has 0 aliphatic carbocycles. The minimum Gasteiger partial charge on any atom is -0.254 e. The van der Waals surface area contributed by atoms with E-state index in [0.29, 0.717) is 0 Å². The predicted octanol–water partition coefficient (Wildman–Crippen LogP) is 3.43. The highest BCUT2D eigenvalue weighted by Crippen LogP contribution is 2.31. The Hall–Kier alpha value is -0.930. The summed E-state index contributed by atoms with van der Waals surface area (Å²) in [4.78, 5) is 1.03. The second kappa shape index (κ2) is 3.58. The lowest BCUT2D eigenvalue weighted by molar-refractivity contribution is 0.683. The van der Waals surface area contributed by atoms with Gasteiger partial charge in [0.05, 0.1) is 15.7 Å². The number of rotatable bonds is 0. The van der Waals surface area contributed by atoms with Crippen LogP contribution in [0.25, 0.3) is 16.2 Å². The van der Waals surface area contributed by atoms with Crippen LogP contribution in [0.2, 0.25) is 0 Å². The van der Waals surface area contributed by atoms with E-state index in [0.717, 1.165) is 22.6 Å². The van der Waals surface area contributed by atoms with Gasteiger partial charge in [-0.2, -0.15) is 0 Å². The number of hydrogen-bond donors (Lipinski definition) is 0. The Bertz CT molecular complexity index is 566. The van der Waals surface area contributed by atoms with Gasteiger partial charge >= 0.3 is 0 Å². The van der Waals surface area contributed by atoms with Gasteiger partial charge in [-0.15, -0.1) is 11.3 Å². The van der Waals surface area contributed by atoms with Crippen LogP contribution >= 0.6 is 11.3 Å². The minimum absolute atomic E-state index is 0.748. The van der Waals surface area contributed by atoms with E-state index in [4.69, 9.17) is 0 Å². The molecule has 0 bridgehead atoms. The second-order valence-corrected chi connectivity index (χ2v) is 6.01. The fourth-order valence-electron chi connectivity index (χ4n) is 1.91. The third kappa shape index (κ3) is 1.46. The number of allylic oxidation sites excluding steroid dienone is 1. The van der Waals surface area contributed by atoms with Crippen LogP contribution in [0.15, 0.2) is 34.6 Å². The van der Waals surface area contributed by atoms with E-state index < -0.39 is 10.8 Å². The molecule has 1 aromatic heterocycles. The summed E-state index contributed by atoms with van der Waals surface area (Å²) in [6.45, 7) is 0. The maximum atomic E-state index is 12.1. The molecular weight excluding hydrogens is 224 g/mol. The van der Waals surface area contributed by atoms with Gasteiger partial charge in [0.25, 0.3) is 0 Å². The van der Waals surface area contributed by atoms with Gasteiger partial charge in [-0.05, 0) is 29.5 Å². The molecule has 0 amide bonds. The Kier molecular flexibility index (Phi) is 2.22. The van der Waals surface area contributed by atoms with Crippen LogP contribution in [0.1, 0.15) is 12.0 Å². The van der Waals surface area contributed by atoms with Crippen LogP contribution in [-0.4, -0.2) is 9.96 Å². The zero-order chi connectivity index (χ0) is 10.3. The van der Waals surface area contributed by atoms with E-state index in [9.17, 15) is 4.21 Å². The van der Waals surface area contributed by atoms with E-state index in [1.807, 2.05) is 0 Å². The zero-order valence-electron chi connectivity index (χ0n) is 8.10. The van der Waals surface area contributed by atoms with Crippen molar-refractivity contribution in [3.63, 3.8) is 0 Å². The topological polar surface area (TPSA) is 17.1 Å². The molecule has 0 N–H and O–H groups in total. The maximum Gasteiger partial charge on any atom is 0.0547 e. The number of benzene rings is 1. The first kappa shape index (κ1) is 9.31. The molecule has 2 aromatic rings. The highest BCUT2D eigenvalue weighted by Gasteiger charge is 2.14. The summed E-state index contributed by atoms with van der Waals surface area (Å²) in [5, 5.41) is 3.24. The lowest BCUT2D eigenvalue weighted by atomic mass is 10.1. The Labute approximate surface area is 94.9 Å². The van der Waals surface area contributed by atoms with Crippen LogP contribution in [0.5, 0.6) is 0 Å². The largest absolute Gasteiger partial charge is 0.254 e. The van der Waals surface area contributed by atoms with Crippen molar-refractivity contribution in [3.8, 4) is 0 Å². The molecule has 1 atom stereocenters. The molecule has 3 rings (SSSR count). The average molecular weight is 234 g/mol. The smallest absolute Gasteiger partial charge is 0.0547 e. The number of fused-ring (bicyclic) bond motifs is 3. The molecule has 15 heavy (non-hydrogen) atoms. The summed E-state index contributed by atoms with van der Waals surface area (Å²) in [5.41, 5.74) is 1.12. The maximum absolute atomic E-state index is 12.1. The SMILES string of the molecule is O=S1CCC=Cc2ccc3sccc3c21. The van der Waals surface area contributed by atoms with Gasteiger partial charge in [0.2, 0.25) is 0 Å².